The van der Waals surface area contributed by atoms with Gasteiger partial charge in [0.15, 0.2) is 0 Å². The average Bonchev–Trinajstić information content (AvgIpc) is 2.67. The van der Waals surface area contributed by atoms with Gasteiger partial charge in [-0.25, -0.2) is 0 Å². The van der Waals surface area contributed by atoms with Crippen LogP contribution in [0, 0.1) is 5.92 Å². The minimum absolute atomic E-state index is 0.0886. The summed E-state index contributed by atoms with van der Waals surface area (Å²) in [6.45, 7) is 0. The molecule has 0 aromatic heterocycles. The predicted octanol–water partition coefficient (Wildman–Crippen LogP) is 1.83. The first-order valence-electron chi connectivity index (χ1n) is 9.12. The van der Waals surface area contributed by atoms with E-state index in [0.29, 0.717) is 24.5 Å². The summed E-state index contributed by atoms with van der Waals surface area (Å²) in [6, 6.07) is 0.687. The number of hydrogen-bond donors (Lipinski definition) is 2. The molecule has 3 atom stereocenters. The van der Waals surface area contributed by atoms with Crippen LogP contribution in [0.5, 0.6) is 0 Å². The first-order chi connectivity index (χ1) is 13.2. The van der Waals surface area contributed by atoms with Crippen LogP contribution in [-0.4, -0.2) is 75.4 Å². The highest BCUT2D eigenvalue weighted by molar-refractivity contribution is 7.99. The molecule has 3 unspecified atom stereocenters. The molecule has 1 saturated carbocycles. The zero-order chi connectivity index (χ0) is 21.2. The Hall–Kier alpha value is -0.263. The van der Waals surface area contributed by atoms with E-state index < -0.39 is 40.1 Å². The van der Waals surface area contributed by atoms with E-state index in [0.717, 1.165) is 12.2 Å². The molecule has 0 bridgehead atoms. The molecule has 1 rings (SSSR count). The average molecular weight is 459 g/mol. The third kappa shape index (κ3) is 8.62. The van der Waals surface area contributed by atoms with Crippen molar-refractivity contribution in [2.75, 3.05) is 32.8 Å². The van der Waals surface area contributed by atoms with E-state index in [-0.39, 0.29) is 19.3 Å². The SMILES string of the molecule is CO[Si](CCCSCCC(=O)OC1CC(C=O)CC(P(=O)(O)O)C1)(OC)OC. The molecule has 0 spiro atoms. The molecule has 0 aromatic rings. The Balaban J connectivity index is 2.30. The molecule has 2 N–H and O–H groups in total. The number of thioether (sulfide) groups is 1. The van der Waals surface area contributed by atoms with E-state index >= 15 is 0 Å². The van der Waals surface area contributed by atoms with Crippen molar-refractivity contribution >= 4 is 40.4 Å². The van der Waals surface area contributed by atoms with Gasteiger partial charge in [-0.1, -0.05) is 0 Å². The topological polar surface area (TPSA) is 129 Å². The van der Waals surface area contributed by atoms with Crippen LogP contribution < -0.4 is 0 Å². The van der Waals surface area contributed by atoms with Gasteiger partial charge in [-0.3, -0.25) is 9.36 Å². The molecule has 0 aromatic carbocycles. The summed E-state index contributed by atoms with van der Waals surface area (Å²) in [4.78, 5) is 41.8. The zero-order valence-electron chi connectivity index (χ0n) is 16.6. The molecule has 1 aliphatic carbocycles. The van der Waals surface area contributed by atoms with Crippen LogP contribution in [-0.2, 0) is 32.2 Å². The number of carbonyl (C=O) groups is 2. The fraction of sp³-hybridized carbons (Fsp3) is 0.875. The van der Waals surface area contributed by atoms with E-state index in [2.05, 4.69) is 0 Å². The summed E-state index contributed by atoms with van der Waals surface area (Å²) in [5.41, 5.74) is -0.935. The molecular formula is C16H31O9PSSi. The van der Waals surface area contributed by atoms with Crippen molar-refractivity contribution in [3.05, 3.63) is 0 Å². The molecular weight excluding hydrogens is 427 g/mol. The van der Waals surface area contributed by atoms with E-state index in [1.165, 1.54) is 0 Å². The van der Waals surface area contributed by atoms with Crippen LogP contribution in [0.2, 0.25) is 6.04 Å². The standard InChI is InChI=1S/C16H31O9PSSi/c1-22-28(23-2,24-3)8-4-6-27-7-5-16(18)25-14-9-13(12-17)10-15(11-14)26(19,20)21/h12-15H,4-11H2,1-3H3,(H2,19,20,21). The first kappa shape index (κ1) is 25.8. The van der Waals surface area contributed by atoms with E-state index in [1.54, 1.807) is 33.1 Å². The van der Waals surface area contributed by atoms with Crippen molar-refractivity contribution in [1.82, 2.24) is 0 Å². The maximum absolute atomic E-state index is 12.0. The van der Waals surface area contributed by atoms with Crippen molar-refractivity contribution in [3.8, 4) is 0 Å². The maximum atomic E-state index is 12.0. The largest absolute Gasteiger partial charge is 0.500 e. The maximum Gasteiger partial charge on any atom is 0.500 e. The Morgan fingerprint density at radius 1 is 1.14 bits per heavy atom. The molecule has 1 fully saturated rings. The summed E-state index contributed by atoms with van der Waals surface area (Å²) < 4.78 is 32.9. The van der Waals surface area contributed by atoms with Crippen LogP contribution in [0.25, 0.3) is 0 Å². The van der Waals surface area contributed by atoms with Gasteiger partial charge in [0, 0.05) is 39.0 Å². The second-order valence-electron chi connectivity index (χ2n) is 6.72. The molecule has 0 saturated heterocycles. The van der Waals surface area contributed by atoms with Crippen LogP contribution in [0.4, 0.5) is 0 Å². The van der Waals surface area contributed by atoms with Gasteiger partial charge in [0.25, 0.3) is 0 Å². The lowest BCUT2D eigenvalue weighted by atomic mass is 9.88. The van der Waals surface area contributed by atoms with Gasteiger partial charge in [-0.05, 0) is 31.4 Å². The van der Waals surface area contributed by atoms with E-state index in [4.69, 9.17) is 18.0 Å². The number of rotatable bonds is 13. The lowest BCUT2D eigenvalue weighted by Gasteiger charge is -2.32. The highest BCUT2D eigenvalue weighted by Crippen LogP contribution is 2.49. The summed E-state index contributed by atoms with van der Waals surface area (Å²) >= 11 is 1.60. The predicted molar refractivity (Wildman–Crippen MR) is 107 cm³/mol. The third-order valence-corrected chi connectivity index (χ3v) is 10.1. The minimum Gasteiger partial charge on any atom is -0.462 e. The third-order valence-electron chi connectivity index (χ3n) is 4.80. The molecule has 0 heterocycles. The van der Waals surface area contributed by atoms with E-state index in [9.17, 15) is 23.9 Å². The highest BCUT2D eigenvalue weighted by atomic mass is 32.2. The van der Waals surface area contributed by atoms with Gasteiger partial charge in [0.05, 0.1) is 12.1 Å². The summed E-state index contributed by atoms with van der Waals surface area (Å²) in [6.07, 6.45) is 1.62. The van der Waals surface area contributed by atoms with Gasteiger partial charge in [0.1, 0.15) is 12.4 Å². The number of carbonyl (C=O) groups excluding carboxylic acids is 2. The normalized spacial score (nSPS) is 23.4. The lowest BCUT2D eigenvalue weighted by molar-refractivity contribution is -0.151. The monoisotopic (exact) mass is 458 g/mol. The van der Waals surface area contributed by atoms with Gasteiger partial charge < -0.3 is 32.6 Å². The second kappa shape index (κ2) is 12.4. The van der Waals surface area contributed by atoms with Gasteiger partial charge in [-0.15, -0.1) is 0 Å². The molecule has 1 aliphatic rings. The molecule has 0 radical (unpaired) electrons. The number of hydrogen-bond acceptors (Lipinski definition) is 8. The molecule has 164 valence electrons. The second-order valence-corrected chi connectivity index (χ2v) is 12.9. The molecule has 0 amide bonds. The summed E-state index contributed by atoms with van der Waals surface area (Å²) in [7, 11) is -2.16. The Bertz CT molecular complexity index is 532. The molecule has 12 heteroatoms. The Morgan fingerprint density at radius 2 is 1.79 bits per heavy atom. The van der Waals surface area contributed by atoms with Crippen LogP contribution in [0.1, 0.15) is 32.1 Å². The first-order valence-corrected chi connectivity index (χ1v) is 13.9. The van der Waals surface area contributed by atoms with Crippen LogP contribution in [0.3, 0.4) is 0 Å². The van der Waals surface area contributed by atoms with Crippen molar-refractivity contribution in [3.63, 3.8) is 0 Å². The lowest BCUT2D eigenvalue weighted by Crippen LogP contribution is -2.42. The van der Waals surface area contributed by atoms with Crippen molar-refractivity contribution in [1.29, 1.82) is 0 Å². The molecule has 0 aliphatic heterocycles. The fourth-order valence-electron chi connectivity index (χ4n) is 3.21. The van der Waals surface area contributed by atoms with Gasteiger partial charge >= 0.3 is 22.4 Å². The number of aldehydes is 1. The quantitative estimate of drug-likeness (QED) is 0.139. The Kier molecular flexibility index (Phi) is 11.4. The summed E-state index contributed by atoms with van der Waals surface area (Å²) in [5.74, 6) is 0.481. The molecule has 9 nitrogen and oxygen atoms in total. The molecule has 28 heavy (non-hydrogen) atoms. The van der Waals surface area contributed by atoms with Crippen molar-refractivity contribution < 1.29 is 42.0 Å². The minimum atomic E-state index is -4.31. The number of esters is 1. The van der Waals surface area contributed by atoms with Crippen molar-refractivity contribution in [2.45, 2.75) is 49.9 Å². The highest BCUT2D eigenvalue weighted by Gasteiger charge is 2.39. The van der Waals surface area contributed by atoms with Crippen LogP contribution >= 0.6 is 19.4 Å². The fourth-order valence-corrected chi connectivity index (χ4v) is 7.11. The van der Waals surface area contributed by atoms with Gasteiger partial charge in [-0.2, -0.15) is 11.8 Å². The van der Waals surface area contributed by atoms with Crippen LogP contribution in [0.15, 0.2) is 0 Å². The van der Waals surface area contributed by atoms with Gasteiger partial charge in [0.2, 0.25) is 0 Å². The number of ether oxygens (including phenoxy) is 1. The van der Waals surface area contributed by atoms with Crippen molar-refractivity contribution in [2.24, 2.45) is 5.92 Å². The summed E-state index contributed by atoms with van der Waals surface area (Å²) in [5, 5.41) is 0. The Morgan fingerprint density at radius 3 is 2.32 bits per heavy atom. The zero-order valence-corrected chi connectivity index (χ0v) is 19.3. The smallest absolute Gasteiger partial charge is 0.462 e. The Labute approximate surface area is 171 Å². The van der Waals surface area contributed by atoms with E-state index in [1.807, 2.05) is 0 Å².